The summed E-state index contributed by atoms with van der Waals surface area (Å²) in [6.45, 7) is 4.09. The molecule has 0 aliphatic heterocycles. The SMILES string of the molecule is C#CCC(C)Nc1ccncc1C. The van der Waals surface area contributed by atoms with Crippen LogP contribution in [0.25, 0.3) is 0 Å². The zero-order valence-corrected chi connectivity index (χ0v) is 8.04. The molecule has 0 aliphatic carbocycles. The van der Waals surface area contributed by atoms with Crippen molar-refractivity contribution in [1.29, 1.82) is 0 Å². The second-order valence-corrected chi connectivity index (χ2v) is 3.14. The average molecular weight is 174 g/mol. The fraction of sp³-hybridized carbons (Fsp3) is 0.364. The molecule has 1 aromatic heterocycles. The Morgan fingerprint density at radius 3 is 3.08 bits per heavy atom. The van der Waals surface area contributed by atoms with Crippen molar-refractivity contribution < 1.29 is 0 Å². The van der Waals surface area contributed by atoms with Crippen LogP contribution in [0.1, 0.15) is 18.9 Å². The molecule has 1 aromatic rings. The molecule has 0 bridgehead atoms. The average Bonchev–Trinajstić information content (AvgIpc) is 2.09. The molecule has 0 spiro atoms. The van der Waals surface area contributed by atoms with Crippen LogP contribution in [0.3, 0.4) is 0 Å². The van der Waals surface area contributed by atoms with Crippen molar-refractivity contribution in [2.45, 2.75) is 26.3 Å². The van der Waals surface area contributed by atoms with Crippen LogP contribution in [0.5, 0.6) is 0 Å². The molecule has 1 rings (SSSR count). The molecule has 1 unspecified atom stereocenters. The summed E-state index contributed by atoms with van der Waals surface area (Å²) >= 11 is 0. The topological polar surface area (TPSA) is 24.9 Å². The maximum atomic E-state index is 5.22. The molecular formula is C11H14N2. The summed E-state index contributed by atoms with van der Waals surface area (Å²) in [6.07, 6.45) is 9.57. The molecule has 1 atom stereocenters. The summed E-state index contributed by atoms with van der Waals surface area (Å²) in [4.78, 5) is 4.02. The van der Waals surface area contributed by atoms with E-state index in [1.54, 1.807) is 6.20 Å². The number of aryl methyl sites for hydroxylation is 1. The second kappa shape index (κ2) is 4.51. The minimum Gasteiger partial charge on any atom is -0.381 e. The minimum absolute atomic E-state index is 0.311. The van der Waals surface area contributed by atoms with Crippen LogP contribution in [0.2, 0.25) is 0 Å². The van der Waals surface area contributed by atoms with Crippen LogP contribution in [0, 0.1) is 19.3 Å². The van der Waals surface area contributed by atoms with Gasteiger partial charge < -0.3 is 5.32 Å². The van der Waals surface area contributed by atoms with Crippen molar-refractivity contribution in [3.63, 3.8) is 0 Å². The van der Waals surface area contributed by atoms with Gasteiger partial charge in [0.15, 0.2) is 0 Å². The molecule has 1 N–H and O–H groups in total. The zero-order valence-electron chi connectivity index (χ0n) is 8.04. The normalized spacial score (nSPS) is 11.8. The van der Waals surface area contributed by atoms with E-state index in [2.05, 4.69) is 23.1 Å². The van der Waals surface area contributed by atoms with Crippen molar-refractivity contribution >= 4 is 5.69 Å². The van der Waals surface area contributed by atoms with Gasteiger partial charge in [0.05, 0.1) is 0 Å². The Kier molecular flexibility index (Phi) is 3.33. The van der Waals surface area contributed by atoms with Crippen LogP contribution in [-0.4, -0.2) is 11.0 Å². The first kappa shape index (κ1) is 9.60. The molecule has 2 heteroatoms. The van der Waals surface area contributed by atoms with Gasteiger partial charge in [-0.05, 0) is 25.5 Å². The molecule has 0 aliphatic rings. The molecule has 68 valence electrons. The third-order valence-corrected chi connectivity index (χ3v) is 1.85. The molecule has 0 amide bonds. The van der Waals surface area contributed by atoms with Gasteiger partial charge in [-0.15, -0.1) is 12.3 Å². The highest BCUT2D eigenvalue weighted by Gasteiger charge is 2.01. The molecule has 2 nitrogen and oxygen atoms in total. The highest BCUT2D eigenvalue weighted by atomic mass is 14.9. The van der Waals surface area contributed by atoms with E-state index in [1.807, 2.05) is 19.2 Å². The number of nitrogens with one attached hydrogen (secondary N) is 1. The number of terminal acetylenes is 1. The standard InChI is InChI=1S/C11H14N2/c1-4-5-10(3)13-11-6-7-12-8-9(11)2/h1,6-8,10H,5H2,2-3H3,(H,12,13). The Balaban J connectivity index is 2.64. The lowest BCUT2D eigenvalue weighted by molar-refractivity contribution is 0.827. The van der Waals surface area contributed by atoms with Gasteiger partial charge in [0.25, 0.3) is 0 Å². The van der Waals surface area contributed by atoms with E-state index in [9.17, 15) is 0 Å². The third kappa shape index (κ3) is 2.79. The summed E-state index contributed by atoms with van der Waals surface area (Å²) in [5, 5.41) is 3.33. The van der Waals surface area contributed by atoms with Gasteiger partial charge in [-0.25, -0.2) is 0 Å². The number of hydrogen-bond acceptors (Lipinski definition) is 2. The number of aromatic nitrogens is 1. The van der Waals surface area contributed by atoms with Crippen molar-refractivity contribution in [1.82, 2.24) is 4.98 Å². The fourth-order valence-electron chi connectivity index (χ4n) is 1.13. The molecule has 0 saturated heterocycles. The maximum absolute atomic E-state index is 5.22. The molecule has 0 aromatic carbocycles. The highest BCUT2D eigenvalue weighted by Crippen LogP contribution is 2.13. The Morgan fingerprint density at radius 1 is 1.69 bits per heavy atom. The van der Waals surface area contributed by atoms with Gasteiger partial charge in [0.1, 0.15) is 0 Å². The largest absolute Gasteiger partial charge is 0.381 e. The smallest absolute Gasteiger partial charge is 0.0403 e. The molecule has 0 saturated carbocycles. The van der Waals surface area contributed by atoms with Gasteiger partial charge in [-0.1, -0.05) is 0 Å². The minimum atomic E-state index is 0.311. The van der Waals surface area contributed by atoms with Gasteiger partial charge in [-0.3, -0.25) is 4.98 Å². The number of anilines is 1. The van der Waals surface area contributed by atoms with Crippen molar-refractivity contribution in [3.05, 3.63) is 24.0 Å². The highest BCUT2D eigenvalue weighted by molar-refractivity contribution is 5.49. The Morgan fingerprint density at radius 2 is 2.46 bits per heavy atom. The van der Waals surface area contributed by atoms with Crippen LogP contribution >= 0.6 is 0 Å². The molecule has 0 radical (unpaired) electrons. The Bertz CT molecular complexity index is 312. The number of nitrogens with zero attached hydrogens (tertiary/aromatic N) is 1. The molecule has 1 heterocycles. The van der Waals surface area contributed by atoms with Gasteiger partial charge >= 0.3 is 0 Å². The van der Waals surface area contributed by atoms with Gasteiger partial charge in [-0.2, -0.15) is 0 Å². The molecular weight excluding hydrogens is 160 g/mol. The summed E-state index contributed by atoms with van der Waals surface area (Å²) < 4.78 is 0. The first-order chi connectivity index (χ1) is 6.24. The van der Waals surface area contributed by atoms with Crippen LogP contribution in [-0.2, 0) is 0 Å². The predicted octanol–water partition coefficient (Wildman–Crippen LogP) is 2.21. The quantitative estimate of drug-likeness (QED) is 0.711. The predicted molar refractivity (Wildman–Crippen MR) is 55.5 cm³/mol. The fourth-order valence-corrected chi connectivity index (χ4v) is 1.13. The first-order valence-corrected chi connectivity index (χ1v) is 4.34. The zero-order chi connectivity index (χ0) is 9.68. The lowest BCUT2D eigenvalue weighted by atomic mass is 10.2. The third-order valence-electron chi connectivity index (χ3n) is 1.85. The van der Waals surface area contributed by atoms with Crippen LogP contribution < -0.4 is 5.32 Å². The maximum Gasteiger partial charge on any atom is 0.0403 e. The van der Waals surface area contributed by atoms with E-state index >= 15 is 0 Å². The molecule has 13 heavy (non-hydrogen) atoms. The summed E-state index contributed by atoms with van der Waals surface area (Å²) in [7, 11) is 0. The lowest BCUT2D eigenvalue weighted by Crippen LogP contribution is -2.14. The second-order valence-electron chi connectivity index (χ2n) is 3.14. The Hall–Kier alpha value is -1.49. The van der Waals surface area contributed by atoms with E-state index in [0.717, 1.165) is 17.7 Å². The summed E-state index contributed by atoms with van der Waals surface area (Å²) in [5.74, 6) is 2.63. The van der Waals surface area contributed by atoms with E-state index in [0.29, 0.717) is 6.04 Å². The van der Waals surface area contributed by atoms with Crippen molar-refractivity contribution in [3.8, 4) is 12.3 Å². The Labute approximate surface area is 79.4 Å². The van der Waals surface area contributed by atoms with Crippen molar-refractivity contribution in [2.75, 3.05) is 5.32 Å². The van der Waals surface area contributed by atoms with Crippen LogP contribution in [0.15, 0.2) is 18.5 Å². The number of hydrogen-bond donors (Lipinski definition) is 1. The van der Waals surface area contributed by atoms with Crippen LogP contribution in [0.4, 0.5) is 5.69 Å². The summed E-state index contributed by atoms with van der Waals surface area (Å²) in [5.41, 5.74) is 2.25. The lowest BCUT2D eigenvalue weighted by Gasteiger charge is -2.13. The van der Waals surface area contributed by atoms with Gasteiger partial charge in [0, 0.05) is 30.5 Å². The summed E-state index contributed by atoms with van der Waals surface area (Å²) in [6, 6.07) is 2.27. The van der Waals surface area contributed by atoms with E-state index in [-0.39, 0.29) is 0 Å². The first-order valence-electron chi connectivity index (χ1n) is 4.34. The number of rotatable bonds is 3. The number of pyridine rings is 1. The van der Waals surface area contributed by atoms with E-state index in [4.69, 9.17) is 6.42 Å². The monoisotopic (exact) mass is 174 g/mol. The van der Waals surface area contributed by atoms with E-state index in [1.165, 1.54) is 0 Å². The van der Waals surface area contributed by atoms with Gasteiger partial charge in [0.2, 0.25) is 0 Å². The van der Waals surface area contributed by atoms with Crippen molar-refractivity contribution in [2.24, 2.45) is 0 Å². The van der Waals surface area contributed by atoms with E-state index < -0.39 is 0 Å². The molecule has 0 fully saturated rings.